The molecule has 1 atom stereocenters. The second-order valence-corrected chi connectivity index (χ2v) is 5.85. The van der Waals surface area contributed by atoms with Gasteiger partial charge in [-0.2, -0.15) is 0 Å². The fraction of sp³-hybridized carbons (Fsp3) is 0.286. The van der Waals surface area contributed by atoms with Gasteiger partial charge in [-0.1, -0.05) is 0 Å². The predicted molar refractivity (Wildman–Crippen MR) is 104 cm³/mol. The van der Waals surface area contributed by atoms with Crippen LogP contribution in [0.3, 0.4) is 0 Å². The van der Waals surface area contributed by atoms with E-state index in [1.54, 1.807) is 24.3 Å². The zero-order valence-electron chi connectivity index (χ0n) is 16.8. The Kier molecular flexibility index (Phi) is 8.49. The summed E-state index contributed by atoms with van der Waals surface area (Å²) in [7, 11) is 4.16. The Morgan fingerprint density at radius 3 is 1.63 bits per heavy atom. The van der Waals surface area contributed by atoms with Gasteiger partial charge in [0.2, 0.25) is 0 Å². The standard InChI is InChI=1S/C21H22O9/c1-25-16-8-4-14(5-9-16)19(22)28-12-18(13-29-21(24)27-3)30-20(23)15-6-10-17(26-2)11-7-15/h4-11,18H,12-13H2,1-3H3. The van der Waals surface area contributed by atoms with Gasteiger partial charge in [-0.05, 0) is 48.5 Å². The molecule has 2 aromatic carbocycles. The number of ether oxygens (including phenoxy) is 6. The van der Waals surface area contributed by atoms with Gasteiger partial charge >= 0.3 is 18.1 Å². The van der Waals surface area contributed by atoms with Crippen molar-refractivity contribution in [3.63, 3.8) is 0 Å². The Morgan fingerprint density at radius 1 is 0.700 bits per heavy atom. The maximum atomic E-state index is 12.4. The molecule has 0 radical (unpaired) electrons. The van der Waals surface area contributed by atoms with Crippen LogP contribution in [-0.4, -0.2) is 58.7 Å². The highest BCUT2D eigenvalue weighted by Gasteiger charge is 2.21. The maximum Gasteiger partial charge on any atom is 0.508 e. The van der Waals surface area contributed by atoms with Gasteiger partial charge in [-0.3, -0.25) is 0 Å². The Balaban J connectivity index is 2.00. The van der Waals surface area contributed by atoms with E-state index in [1.807, 2.05) is 0 Å². The van der Waals surface area contributed by atoms with Crippen molar-refractivity contribution in [3.05, 3.63) is 59.7 Å². The number of hydrogen-bond donors (Lipinski definition) is 0. The average molecular weight is 418 g/mol. The molecule has 1 unspecified atom stereocenters. The SMILES string of the molecule is COC(=O)OCC(COC(=O)c1ccc(OC)cc1)OC(=O)c1ccc(OC)cc1. The van der Waals surface area contributed by atoms with E-state index in [0.29, 0.717) is 11.5 Å². The van der Waals surface area contributed by atoms with E-state index < -0.39 is 24.2 Å². The van der Waals surface area contributed by atoms with E-state index in [-0.39, 0.29) is 24.3 Å². The van der Waals surface area contributed by atoms with Crippen molar-refractivity contribution in [3.8, 4) is 11.5 Å². The molecule has 0 bridgehead atoms. The molecule has 0 aliphatic heterocycles. The highest BCUT2D eigenvalue weighted by atomic mass is 16.7. The molecule has 0 heterocycles. The molecule has 2 rings (SSSR count). The van der Waals surface area contributed by atoms with Gasteiger partial charge in [-0.15, -0.1) is 0 Å². The minimum absolute atomic E-state index is 0.250. The zero-order valence-corrected chi connectivity index (χ0v) is 16.8. The number of carbonyl (C=O) groups is 3. The Hall–Kier alpha value is -3.75. The molecule has 0 N–H and O–H groups in total. The second kappa shape index (κ2) is 11.3. The summed E-state index contributed by atoms with van der Waals surface area (Å²) in [6.45, 7) is -0.686. The summed E-state index contributed by atoms with van der Waals surface area (Å²) in [6.07, 6.45) is -2.00. The van der Waals surface area contributed by atoms with Crippen LogP contribution in [0.4, 0.5) is 4.79 Å². The van der Waals surface area contributed by atoms with Crippen molar-refractivity contribution >= 4 is 18.1 Å². The van der Waals surface area contributed by atoms with E-state index in [9.17, 15) is 14.4 Å². The summed E-state index contributed by atoms with van der Waals surface area (Å²) in [5.74, 6) is -0.160. The summed E-state index contributed by atoms with van der Waals surface area (Å²) in [6, 6.07) is 12.5. The Morgan fingerprint density at radius 2 is 1.17 bits per heavy atom. The minimum Gasteiger partial charge on any atom is -0.497 e. The first kappa shape index (κ1) is 22.5. The molecule has 0 aliphatic carbocycles. The normalized spacial score (nSPS) is 11.0. The average Bonchev–Trinajstić information content (AvgIpc) is 2.80. The van der Waals surface area contributed by atoms with Crippen molar-refractivity contribution in [1.82, 2.24) is 0 Å². The summed E-state index contributed by atoms with van der Waals surface area (Å²) in [5.41, 5.74) is 0.533. The van der Waals surface area contributed by atoms with E-state index in [2.05, 4.69) is 4.74 Å². The highest BCUT2D eigenvalue weighted by molar-refractivity contribution is 5.90. The number of hydrogen-bond acceptors (Lipinski definition) is 9. The van der Waals surface area contributed by atoms with Crippen LogP contribution in [0, 0.1) is 0 Å². The lowest BCUT2D eigenvalue weighted by atomic mass is 10.2. The number of methoxy groups -OCH3 is 3. The lowest BCUT2D eigenvalue weighted by Gasteiger charge is -2.18. The molecule has 0 aliphatic rings. The van der Waals surface area contributed by atoms with Crippen LogP contribution in [0.5, 0.6) is 11.5 Å². The fourth-order valence-electron chi connectivity index (χ4n) is 2.26. The molecule has 30 heavy (non-hydrogen) atoms. The number of rotatable bonds is 9. The first-order chi connectivity index (χ1) is 14.5. The largest absolute Gasteiger partial charge is 0.508 e. The smallest absolute Gasteiger partial charge is 0.497 e. The third kappa shape index (κ3) is 6.69. The van der Waals surface area contributed by atoms with Crippen LogP contribution in [-0.2, 0) is 18.9 Å². The van der Waals surface area contributed by atoms with Crippen LogP contribution in [0.2, 0.25) is 0 Å². The van der Waals surface area contributed by atoms with Crippen LogP contribution in [0.25, 0.3) is 0 Å². The van der Waals surface area contributed by atoms with E-state index >= 15 is 0 Å². The molecule has 0 amide bonds. The first-order valence-electron chi connectivity index (χ1n) is 8.83. The maximum absolute atomic E-state index is 12.4. The van der Waals surface area contributed by atoms with Crippen molar-refractivity contribution in [2.24, 2.45) is 0 Å². The minimum atomic E-state index is -1.04. The summed E-state index contributed by atoms with van der Waals surface area (Å²) >= 11 is 0. The molecule has 0 spiro atoms. The molecule has 9 nitrogen and oxygen atoms in total. The summed E-state index contributed by atoms with van der Waals surface area (Å²) in [4.78, 5) is 35.8. The van der Waals surface area contributed by atoms with E-state index in [1.165, 1.54) is 38.5 Å². The van der Waals surface area contributed by atoms with Crippen molar-refractivity contribution in [1.29, 1.82) is 0 Å². The van der Waals surface area contributed by atoms with Gasteiger partial charge in [0.15, 0.2) is 6.10 Å². The van der Waals surface area contributed by atoms with Gasteiger partial charge < -0.3 is 28.4 Å². The van der Waals surface area contributed by atoms with E-state index in [0.717, 1.165) is 7.11 Å². The topological polar surface area (TPSA) is 107 Å². The molecular weight excluding hydrogens is 396 g/mol. The third-order valence-electron chi connectivity index (χ3n) is 3.88. The lowest BCUT2D eigenvalue weighted by molar-refractivity contribution is -0.0280. The highest BCUT2D eigenvalue weighted by Crippen LogP contribution is 2.14. The van der Waals surface area contributed by atoms with Gasteiger partial charge in [0.1, 0.15) is 24.7 Å². The van der Waals surface area contributed by atoms with Crippen LogP contribution >= 0.6 is 0 Å². The van der Waals surface area contributed by atoms with Gasteiger partial charge in [0.25, 0.3) is 0 Å². The second-order valence-electron chi connectivity index (χ2n) is 5.85. The monoisotopic (exact) mass is 418 g/mol. The molecule has 0 saturated heterocycles. The lowest BCUT2D eigenvalue weighted by Crippen LogP contribution is -2.31. The van der Waals surface area contributed by atoms with Crippen molar-refractivity contribution in [2.75, 3.05) is 34.5 Å². The van der Waals surface area contributed by atoms with Crippen LogP contribution in [0.1, 0.15) is 20.7 Å². The van der Waals surface area contributed by atoms with Gasteiger partial charge in [0, 0.05) is 0 Å². The molecule has 0 fully saturated rings. The summed E-state index contributed by atoms with van der Waals surface area (Å²) in [5, 5.41) is 0. The fourth-order valence-corrected chi connectivity index (χ4v) is 2.26. The third-order valence-corrected chi connectivity index (χ3v) is 3.88. The van der Waals surface area contributed by atoms with Gasteiger partial charge in [0.05, 0.1) is 32.5 Å². The van der Waals surface area contributed by atoms with E-state index in [4.69, 9.17) is 23.7 Å². The summed E-state index contributed by atoms with van der Waals surface area (Å²) < 4.78 is 29.8. The van der Waals surface area contributed by atoms with Crippen molar-refractivity contribution in [2.45, 2.75) is 6.10 Å². The Labute approximate surface area is 173 Å². The van der Waals surface area contributed by atoms with Crippen molar-refractivity contribution < 1.29 is 42.8 Å². The molecule has 160 valence electrons. The van der Waals surface area contributed by atoms with Gasteiger partial charge in [-0.25, -0.2) is 14.4 Å². The first-order valence-corrected chi connectivity index (χ1v) is 8.83. The zero-order chi connectivity index (χ0) is 21.9. The molecule has 9 heteroatoms. The number of esters is 2. The Bertz CT molecular complexity index is 844. The molecular formula is C21H22O9. The molecule has 0 saturated carbocycles. The number of benzene rings is 2. The molecule has 0 aromatic heterocycles. The number of carbonyl (C=O) groups excluding carboxylic acids is 3. The van der Waals surface area contributed by atoms with Crippen LogP contribution < -0.4 is 9.47 Å². The quantitative estimate of drug-likeness (QED) is 0.449. The predicted octanol–water partition coefficient (Wildman–Crippen LogP) is 2.87. The van der Waals surface area contributed by atoms with Crippen LogP contribution in [0.15, 0.2) is 48.5 Å². The molecule has 2 aromatic rings.